The molecule has 1 aromatic heterocycles. The van der Waals surface area contributed by atoms with Gasteiger partial charge in [0.15, 0.2) is 5.76 Å². The lowest BCUT2D eigenvalue weighted by molar-refractivity contribution is 0.00690. The van der Waals surface area contributed by atoms with Gasteiger partial charge in [-0.3, -0.25) is 0 Å². The van der Waals surface area contributed by atoms with Crippen LogP contribution in [0.3, 0.4) is 0 Å². The van der Waals surface area contributed by atoms with Gasteiger partial charge in [0.2, 0.25) is 0 Å². The van der Waals surface area contributed by atoms with Gasteiger partial charge in [0.1, 0.15) is 0 Å². The zero-order valence-corrected chi connectivity index (χ0v) is 14.5. The SMILES string of the molecule is Cc1cc(CNC(=O)N2CCC(OCCN3CCCC3)CC2)on1. The maximum absolute atomic E-state index is 12.2. The third kappa shape index (κ3) is 4.95. The summed E-state index contributed by atoms with van der Waals surface area (Å²) in [6.45, 7) is 8.01. The first-order valence-electron chi connectivity index (χ1n) is 8.99. The van der Waals surface area contributed by atoms with Crippen LogP contribution in [0.4, 0.5) is 4.79 Å². The Labute approximate surface area is 143 Å². The average molecular weight is 336 g/mol. The van der Waals surface area contributed by atoms with Crippen LogP contribution >= 0.6 is 0 Å². The first-order chi connectivity index (χ1) is 11.7. The second-order valence-corrected chi connectivity index (χ2v) is 6.70. The summed E-state index contributed by atoms with van der Waals surface area (Å²) in [6.07, 6.45) is 4.75. The molecule has 0 bridgehead atoms. The number of ether oxygens (including phenoxy) is 1. The molecule has 0 spiro atoms. The molecule has 24 heavy (non-hydrogen) atoms. The standard InChI is InChI=1S/C17H28N4O3/c1-14-12-16(24-19-14)13-18-17(22)21-8-4-15(5-9-21)23-11-10-20-6-2-3-7-20/h12,15H,2-11,13H2,1H3,(H,18,22). The number of hydrogen-bond donors (Lipinski definition) is 1. The molecule has 7 nitrogen and oxygen atoms in total. The summed E-state index contributed by atoms with van der Waals surface area (Å²) in [5.41, 5.74) is 0.825. The quantitative estimate of drug-likeness (QED) is 0.857. The largest absolute Gasteiger partial charge is 0.377 e. The van der Waals surface area contributed by atoms with Gasteiger partial charge in [0.25, 0.3) is 0 Å². The summed E-state index contributed by atoms with van der Waals surface area (Å²) < 4.78 is 11.1. The van der Waals surface area contributed by atoms with Crippen LogP contribution in [-0.4, -0.2) is 66.4 Å². The van der Waals surface area contributed by atoms with Gasteiger partial charge in [-0.1, -0.05) is 5.16 Å². The zero-order valence-electron chi connectivity index (χ0n) is 14.5. The van der Waals surface area contributed by atoms with Crippen molar-refractivity contribution < 1.29 is 14.1 Å². The Morgan fingerprint density at radius 3 is 2.75 bits per heavy atom. The van der Waals surface area contributed by atoms with Crippen molar-refractivity contribution >= 4 is 6.03 Å². The van der Waals surface area contributed by atoms with Gasteiger partial charge in [-0.15, -0.1) is 0 Å². The maximum atomic E-state index is 12.2. The monoisotopic (exact) mass is 336 g/mol. The Morgan fingerprint density at radius 1 is 1.33 bits per heavy atom. The van der Waals surface area contributed by atoms with Crippen molar-refractivity contribution in [3.05, 3.63) is 17.5 Å². The number of piperidine rings is 1. The average Bonchev–Trinajstić information content (AvgIpc) is 3.25. The van der Waals surface area contributed by atoms with E-state index in [-0.39, 0.29) is 12.1 Å². The van der Waals surface area contributed by atoms with E-state index in [2.05, 4.69) is 15.4 Å². The van der Waals surface area contributed by atoms with E-state index in [1.54, 1.807) is 0 Å². The molecular weight excluding hydrogens is 308 g/mol. The van der Waals surface area contributed by atoms with E-state index < -0.39 is 0 Å². The molecule has 2 aliphatic rings. The predicted molar refractivity (Wildman–Crippen MR) is 89.7 cm³/mol. The van der Waals surface area contributed by atoms with E-state index in [0.29, 0.717) is 12.3 Å². The molecule has 0 unspecified atom stereocenters. The topological polar surface area (TPSA) is 70.8 Å². The van der Waals surface area contributed by atoms with Gasteiger partial charge < -0.3 is 24.4 Å². The van der Waals surface area contributed by atoms with E-state index in [9.17, 15) is 4.79 Å². The van der Waals surface area contributed by atoms with Crippen molar-refractivity contribution in [2.45, 2.75) is 45.3 Å². The number of carbonyl (C=O) groups is 1. The second-order valence-electron chi connectivity index (χ2n) is 6.70. The van der Waals surface area contributed by atoms with Crippen molar-refractivity contribution in [1.82, 2.24) is 20.3 Å². The van der Waals surface area contributed by atoms with Crippen LogP contribution in [0.25, 0.3) is 0 Å². The van der Waals surface area contributed by atoms with E-state index >= 15 is 0 Å². The Bertz CT molecular complexity index is 520. The van der Waals surface area contributed by atoms with Crippen LogP contribution in [0, 0.1) is 6.92 Å². The van der Waals surface area contributed by atoms with Gasteiger partial charge in [0.05, 0.1) is 24.9 Å². The molecule has 7 heteroatoms. The molecule has 134 valence electrons. The number of urea groups is 1. The fourth-order valence-corrected chi connectivity index (χ4v) is 3.35. The van der Waals surface area contributed by atoms with Gasteiger partial charge in [-0.2, -0.15) is 0 Å². The highest BCUT2D eigenvalue weighted by atomic mass is 16.5. The molecule has 0 atom stereocenters. The molecule has 2 fully saturated rings. The lowest BCUT2D eigenvalue weighted by atomic mass is 10.1. The molecule has 1 aromatic rings. The molecule has 3 rings (SSSR count). The summed E-state index contributed by atoms with van der Waals surface area (Å²) >= 11 is 0. The molecule has 0 aliphatic carbocycles. The number of aromatic nitrogens is 1. The molecule has 2 aliphatic heterocycles. The zero-order chi connectivity index (χ0) is 16.8. The molecule has 2 amide bonds. The molecular formula is C17H28N4O3. The van der Waals surface area contributed by atoms with Gasteiger partial charge in [0, 0.05) is 25.7 Å². The summed E-state index contributed by atoms with van der Waals surface area (Å²) in [5.74, 6) is 0.681. The third-order valence-corrected chi connectivity index (χ3v) is 4.78. The van der Waals surface area contributed by atoms with E-state index in [4.69, 9.17) is 9.26 Å². The molecule has 0 aromatic carbocycles. The lowest BCUT2D eigenvalue weighted by Gasteiger charge is -2.32. The van der Waals surface area contributed by atoms with Crippen molar-refractivity contribution in [1.29, 1.82) is 0 Å². The highest BCUT2D eigenvalue weighted by Gasteiger charge is 2.23. The number of nitrogens with zero attached hydrogens (tertiary/aromatic N) is 3. The third-order valence-electron chi connectivity index (χ3n) is 4.78. The van der Waals surface area contributed by atoms with Crippen LogP contribution in [0.1, 0.15) is 37.1 Å². The highest BCUT2D eigenvalue weighted by Crippen LogP contribution is 2.14. The number of aryl methyl sites for hydroxylation is 1. The summed E-state index contributed by atoms with van der Waals surface area (Å²) in [6, 6.07) is 1.79. The van der Waals surface area contributed by atoms with Crippen LogP contribution in [0.15, 0.2) is 10.6 Å². The molecule has 0 radical (unpaired) electrons. The van der Waals surface area contributed by atoms with Crippen LogP contribution in [-0.2, 0) is 11.3 Å². The summed E-state index contributed by atoms with van der Waals surface area (Å²) in [7, 11) is 0. The Kier molecular flexibility index (Phi) is 6.09. The minimum atomic E-state index is -0.0421. The highest BCUT2D eigenvalue weighted by molar-refractivity contribution is 5.74. The smallest absolute Gasteiger partial charge is 0.317 e. The van der Waals surface area contributed by atoms with Crippen molar-refractivity contribution in [3.63, 3.8) is 0 Å². The van der Waals surface area contributed by atoms with Gasteiger partial charge >= 0.3 is 6.03 Å². The molecule has 1 N–H and O–H groups in total. The predicted octanol–water partition coefficient (Wildman–Crippen LogP) is 1.77. The Morgan fingerprint density at radius 2 is 2.08 bits per heavy atom. The number of amides is 2. The number of likely N-dealkylation sites (tertiary alicyclic amines) is 2. The molecule has 2 saturated heterocycles. The number of nitrogens with one attached hydrogen (secondary N) is 1. The summed E-state index contributed by atoms with van der Waals surface area (Å²) in [5, 5.41) is 6.70. The Balaban J connectivity index is 1.30. The van der Waals surface area contributed by atoms with Crippen LogP contribution < -0.4 is 5.32 Å². The van der Waals surface area contributed by atoms with Gasteiger partial charge in [-0.25, -0.2) is 4.79 Å². The normalized spacial score (nSPS) is 19.8. The van der Waals surface area contributed by atoms with E-state index in [1.165, 1.54) is 25.9 Å². The van der Waals surface area contributed by atoms with E-state index in [0.717, 1.165) is 44.8 Å². The minimum absolute atomic E-state index is 0.0421. The number of hydrogen-bond acceptors (Lipinski definition) is 5. The second kappa shape index (κ2) is 8.48. The number of rotatable bonds is 6. The Hall–Kier alpha value is -1.60. The van der Waals surface area contributed by atoms with Crippen molar-refractivity contribution in [2.24, 2.45) is 0 Å². The molecule has 3 heterocycles. The summed E-state index contributed by atoms with van der Waals surface area (Å²) in [4.78, 5) is 16.5. The minimum Gasteiger partial charge on any atom is -0.377 e. The van der Waals surface area contributed by atoms with Gasteiger partial charge in [-0.05, 0) is 45.7 Å². The first-order valence-corrected chi connectivity index (χ1v) is 8.99. The fraction of sp³-hybridized carbons (Fsp3) is 0.765. The van der Waals surface area contributed by atoms with Crippen molar-refractivity contribution in [2.75, 3.05) is 39.3 Å². The number of carbonyl (C=O) groups excluding carboxylic acids is 1. The van der Waals surface area contributed by atoms with Crippen LogP contribution in [0.5, 0.6) is 0 Å². The first kappa shape index (κ1) is 17.2. The maximum Gasteiger partial charge on any atom is 0.317 e. The fourth-order valence-electron chi connectivity index (χ4n) is 3.35. The molecule has 0 saturated carbocycles. The lowest BCUT2D eigenvalue weighted by Crippen LogP contribution is -2.46. The van der Waals surface area contributed by atoms with Crippen LogP contribution in [0.2, 0.25) is 0 Å². The van der Waals surface area contributed by atoms with Crippen molar-refractivity contribution in [3.8, 4) is 0 Å². The van der Waals surface area contributed by atoms with E-state index in [1.807, 2.05) is 17.9 Å².